The van der Waals surface area contributed by atoms with Gasteiger partial charge >= 0.3 is 5.97 Å². The number of aliphatic hydroxyl groups excluding tert-OH is 1. The second-order valence-corrected chi connectivity index (χ2v) is 12.4. The Kier molecular flexibility index (Phi) is 9.24. The monoisotopic (exact) mass is 600 g/mol. The van der Waals surface area contributed by atoms with Crippen molar-refractivity contribution >= 4 is 27.6 Å². The Morgan fingerprint density at radius 1 is 1.21 bits per heavy atom. The van der Waals surface area contributed by atoms with Crippen LogP contribution in [-0.2, 0) is 16.6 Å². The van der Waals surface area contributed by atoms with Gasteiger partial charge in [0.25, 0.3) is 15.9 Å². The van der Waals surface area contributed by atoms with Crippen LogP contribution in [0.1, 0.15) is 51.6 Å². The molecular formula is C29H36N4O8S. The molecule has 0 unspecified atom stereocenters. The van der Waals surface area contributed by atoms with Crippen LogP contribution in [0.5, 0.6) is 5.75 Å². The Labute approximate surface area is 244 Å². The molecule has 42 heavy (non-hydrogen) atoms. The molecule has 226 valence electrons. The molecule has 1 aliphatic heterocycles. The van der Waals surface area contributed by atoms with Gasteiger partial charge in [0.1, 0.15) is 17.5 Å². The highest BCUT2D eigenvalue weighted by Gasteiger charge is 2.34. The molecule has 0 bridgehead atoms. The number of amides is 1. The third-order valence-corrected chi connectivity index (χ3v) is 8.92. The topological polar surface area (TPSA) is 163 Å². The zero-order valence-corrected chi connectivity index (χ0v) is 25.0. The molecule has 13 heteroatoms. The summed E-state index contributed by atoms with van der Waals surface area (Å²) in [6, 6.07) is 10.7. The molecule has 0 aliphatic carbocycles. The molecule has 3 aromatic rings. The molecule has 0 saturated carbocycles. The summed E-state index contributed by atoms with van der Waals surface area (Å²) in [7, 11) is -2.13. The fraction of sp³-hybridized carbons (Fsp3) is 0.414. The number of anilines is 1. The predicted octanol–water partition coefficient (Wildman–Crippen LogP) is 3.14. The van der Waals surface area contributed by atoms with Gasteiger partial charge in [-0.2, -0.15) is 0 Å². The zero-order valence-electron chi connectivity index (χ0n) is 24.2. The standard InChI is InChI=1S/C29H36N4O8S/c1-17-13-33(18(2)16-34)28(35)24-12-23(31-42(38,39)27-19(3)30-41-20(27)4)10-11-25(24)40-26(17)15-32(5)14-21-6-8-22(9-7-21)29(36)37/h6-12,17-18,26,31,34H,13-16H2,1-5H3,(H,36,37)/t17-,18-,26+/m0/s1. The summed E-state index contributed by atoms with van der Waals surface area (Å²) < 4.78 is 40.1. The number of aromatic nitrogens is 1. The van der Waals surface area contributed by atoms with E-state index in [0.29, 0.717) is 25.4 Å². The van der Waals surface area contributed by atoms with E-state index in [1.54, 1.807) is 42.2 Å². The second-order valence-electron chi connectivity index (χ2n) is 10.8. The summed E-state index contributed by atoms with van der Waals surface area (Å²) in [5.74, 6) is -1.05. The summed E-state index contributed by atoms with van der Waals surface area (Å²) in [6.45, 7) is 7.84. The highest BCUT2D eigenvalue weighted by molar-refractivity contribution is 7.92. The molecule has 2 aromatic carbocycles. The predicted molar refractivity (Wildman–Crippen MR) is 154 cm³/mol. The number of ether oxygens (including phenoxy) is 1. The minimum Gasteiger partial charge on any atom is -0.488 e. The van der Waals surface area contributed by atoms with Crippen LogP contribution in [0.2, 0.25) is 0 Å². The van der Waals surface area contributed by atoms with Gasteiger partial charge in [-0.15, -0.1) is 0 Å². The van der Waals surface area contributed by atoms with Gasteiger partial charge in [-0.3, -0.25) is 14.4 Å². The van der Waals surface area contributed by atoms with Gasteiger partial charge in [-0.1, -0.05) is 24.2 Å². The molecule has 1 aliphatic rings. The highest BCUT2D eigenvalue weighted by Crippen LogP contribution is 2.32. The normalized spacial score (nSPS) is 18.2. The number of sulfonamides is 1. The van der Waals surface area contributed by atoms with E-state index in [-0.39, 0.29) is 57.7 Å². The highest BCUT2D eigenvalue weighted by atomic mass is 32.2. The van der Waals surface area contributed by atoms with Gasteiger partial charge in [0.05, 0.1) is 23.8 Å². The molecule has 0 saturated heterocycles. The number of carboxylic acids is 1. The molecule has 1 amide bonds. The van der Waals surface area contributed by atoms with Crippen molar-refractivity contribution in [2.24, 2.45) is 5.92 Å². The molecule has 0 fully saturated rings. The lowest BCUT2D eigenvalue weighted by Gasteiger charge is -2.38. The zero-order chi connectivity index (χ0) is 30.8. The van der Waals surface area contributed by atoms with Gasteiger partial charge < -0.3 is 24.4 Å². The minimum absolute atomic E-state index is 0.0677. The fourth-order valence-corrected chi connectivity index (χ4v) is 6.39. The van der Waals surface area contributed by atoms with Crippen LogP contribution >= 0.6 is 0 Å². The molecule has 1 aromatic heterocycles. The van der Waals surface area contributed by atoms with E-state index >= 15 is 0 Å². The number of hydrogen-bond acceptors (Lipinski definition) is 9. The number of aliphatic hydroxyl groups is 1. The van der Waals surface area contributed by atoms with Crippen molar-refractivity contribution in [2.75, 3.05) is 31.5 Å². The third-order valence-electron chi connectivity index (χ3n) is 7.30. The Morgan fingerprint density at radius 3 is 2.50 bits per heavy atom. The van der Waals surface area contributed by atoms with Gasteiger partial charge in [-0.25, -0.2) is 13.2 Å². The smallest absolute Gasteiger partial charge is 0.335 e. The van der Waals surface area contributed by atoms with Gasteiger partial charge in [0, 0.05) is 31.2 Å². The Morgan fingerprint density at radius 2 is 1.90 bits per heavy atom. The molecule has 3 atom stereocenters. The molecule has 2 heterocycles. The molecular weight excluding hydrogens is 564 g/mol. The largest absolute Gasteiger partial charge is 0.488 e. The Bertz CT molecular complexity index is 1530. The Balaban J connectivity index is 1.62. The van der Waals surface area contributed by atoms with Crippen LogP contribution in [0.25, 0.3) is 0 Å². The number of carbonyl (C=O) groups is 2. The van der Waals surface area contributed by atoms with Crippen molar-refractivity contribution in [1.82, 2.24) is 15.0 Å². The average Bonchev–Trinajstić information content (AvgIpc) is 3.29. The van der Waals surface area contributed by atoms with E-state index < -0.39 is 22.0 Å². The number of hydrogen-bond donors (Lipinski definition) is 3. The molecule has 4 rings (SSSR count). The maximum absolute atomic E-state index is 13.7. The number of nitrogens with one attached hydrogen (secondary N) is 1. The minimum atomic E-state index is -4.05. The van der Waals surface area contributed by atoms with E-state index in [1.165, 1.54) is 26.0 Å². The van der Waals surface area contributed by atoms with Crippen molar-refractivity contribution in [3.8, 4) is 5.75 Å². The number of aromatic carboxylic acids is 1. The molecule has 12 nitrogen and oxygen atoms in total. The van der Waals surface area contributed by atoms with Crippen molar-refractivity contribution in [3.05, 3.63) is 70.6 Å². The summed E-state index contributed by atoms with van der Waals surface area (Å²) >= 11 is 0. The number of carbonyl (C=O) groups excluding carboxylic acids is 1. The second kappa shape index (κ2) is 12.5. The summed E-state index contributed by atoms with van der Waals surface area (Å²) in [5.41, 5.74) is 1.69. The molecule has 3 N–H and O–H groups in total. The first-order valence-electron chi connectivity index (χ1n) is 13.5. The lowest BCUT2D eigenvalue weighted by molar-refractivity contribution is 0.0341. The summed E-state index contributed by atoms with van der Waals surface area (Å²) in [6.07, 6.45) is -0.363. The summed E-state index contributed by atoms with van der Waals surface area (Å²) in [5, 5.41) is 22.8. The molecule has 0 spiro atoms. The lowest BCUT2D eigenvalue weighted by atomic mass is 9.99. The number of fused-ring (bicyclic) bond motifs is 1. The number of aryl methyl sites for hydroxylation is 2. The van der Waals surface area contributed by atoms with Crippen LogP contribution < -0.4 is 9.46 Å². The van der Waals surface area contributed by atoms with Gasteiger partial charge in [-0.05, 0) is 63.7 Å². The first-order chi connectivity index (χ1) is 19.8. The molecule has 0 radical (unpaired) electrons. The van der Waals surface area contributed by atoms with Crippen LogP contribution in [0.4, 0.5) is 5.69 Å². The number of carboxylic acid groups (broad SMARTS) is 1. The van der Waals surface area contributed by atoms with Crippen molar-refractivity contribution < 1.29 is 37.5 Å². The van der Waals surface area contributed by atoms with Crippen LogP contribution in [0.3, 0.4) is 0 Å². The number of likely N-dealkylation sites (N-methyl/N-ethyl adjacent to an activating group) is 1. The van der Waals surface area contributed by atoms with Crippen molar-refractivity contribution in [1.29, 1.82) is 0 Å². The van der Waals surface area contributed by atoms with Gasteiger partial charge in [0.15, 0.2) is 10.7 Å². The number of benzene rings is 2. The first-order valence-corrected chi connectivity index (χ1v) is 15.0. The van der Waals surface area contributed by atoms with Crippen molar-refractivity contribution in [3.63, 3.8) is 0 Å². The van der Waals surface area contributed by atoms with E-state index in [1.807, 2.05) is 18.9 Å². The lowest BCUT2D eigenvalue weighted by Crippen LogP contribution is -2.49. The number of nitrogens with zero attached hydrogens (tertiary/aromatic N) is 3. The SMILES string of the molecule is Cc1noc(C)c1S(=O)(=O)Nc1ccc2c(c1)C(=O)N([C@@H](C)CO)C[C@H](C)[C@@H](CN(C)Cc1ccc(C(=O)O)cc1)O2. The van der Waals surface area contributed by atoms with Crippen LogP contribution in [-0.4, -0.2) is 84.4 Å². The van der Waals surface area contributed by atoms with Crippen molar-refractivity contribution in [2.45, 2.75) is 51.3 Å². The van der Waals surface area contributed by atoms with E-state index in [0.717, 1.165) is 5.56 Å². The first kappa shape index (κ1) is 31.0. The average molecular weight is 601 g/mol. The maximum Gasteiger partial charge on any atom is 0.335 e. The quantitative estimate of drug-likeness (QED) is 0.315. The fourth-order valence-electron chi connectivity index (χ4n) is 5.00. The van der Waals surface area contributed by atoms with E-state index in [2.05, 4.69) is 9.88 Å². The third kappa shape index (κ3) is 6.75. The number of rotatable bonds is 10. The van der Waals surface area contributed by atoms with Crippen LogP contribution in [0, 0.1) is 19.8 Å². The van der Waals surface area contributed by atoms with Crippen LogP contribution in [0.15, 0.2) is 51.9 Å². The van der Waals surface area contributed by atoms with Gasteiger partial charge in [0.2, 0.25) is 0 Å². The maximum atomic E-state index is 13.7. The summed E-state index contributed by atoms with van der Waals surface area (Å²) in [4.78, 5) is 28.4. The Hall–Kier alpha value is -3.94. The van der Waals surface area contributed by atoms with E-state index in [9.17, 15) is 23.1 Å². The van der Waals surface area contributed by atoms with E-state index in [4.69, 9.17) is 14.4 Å².